The first-order chi connectivity index (χ1) is 15.6. The number of amides is 2. The highest BCUT2D eigenvalue weighted by atomic mass is 16.5. The van der Waals surface area contributed by atoms with Crippen LogP contribution in [0.15, 0.2) is 65.1 Å². The summed E-state index contributed by atoms with van der Waals surface area (Å²) in [5.74, 6) is 0.583. The summed E-state index contributed by atoms with van der Waals surface area (Å²) in [7, 11) is 1.60. The number of fused-ring (bicyclic) bond motifs is 3. The fraction of sp³-hybridized carbons (Fsp3) is 0.200. The van der Waals surface area contributed by atoms with Gasteiger partial charge in [0.25, 0.3) is 0 Å². The second-order valence-electron chi connectivity index (χ2n) is 7.74. The molecule has 2 heterocycles. The van der Waals surface area contributed by atoms with E-state index >= 15 is 0 Å². The fourth-order valence-electron chi connectivity index (χ4n) is 4.09. The van der Waals surface area contributed by atoms with E-state index in [9.17, 15) is 9.59 Å². The first kappa shape index (κ1) is 19.9. The Bertz CT molecular complexity index is 1310. The van der Waals surface area contributed by atoms with Crippen molar-refractivity contribution in [3.8, 4) is 5.75 Å². The van der Waals surface area contributed by atoms with Gasteiger partial charge < -0.3 is 24.7 Å². The molecule has 0 unspecified atom stereocenters. The average molecular weight is 429 g/mol. The lowest BCUT2D eigenvalue weighted by molar-refractivity contribution is -0.117. The van der Waals surface area contributed by atoms with Crippen molar-refractivity contribution in [2.75, 3.05) is 35.7 Å². The van der Waals surface area contributed by atoms with Crippen LogP contribution in [0.1, 0.15) is 12.8 Å². The standard InChI is InChI=1S/C25H23N3O4/c1-31-23-13-19-18-5-2-3-6-21(18)32-22(19)14-20(23)26-15-24(29)27-16-8-10-17(11-9-16)28-12-4-7-25(28)30/h2-3,5-6,8-11,13-14,26H,4,7,12,15H2,1H3,(H,27,29). The topological polar surface area (TPSA) is 83.8 Å². The number of rotatable bonds is 6. The van der Waals surface area contributed by atoms with Gasteiger partial charge in [0.15, 0.2) is 0 Å². The average Bonchev–Trinajstić information content (AvgIpc) is 3.40. The van der Waals surface area contributed by atoms with Crippen LogP contribution >= 0.6 is 0 Å². The van der Waals surface area contributed by atoms with Crippen molar-refractivity contribution in [3.05, 3.63) is 60.7 Å². The van der Waals surface area contributed by atoms with Crippen LogP contribution in [0, 0.1) is 0 Å². The van der Waals surface area contributed by atoms with Gasteiger partial charge >= 0.3 is 0 Å². The van der Waals surface area contributed by atoms with Gasteiger partial charge in [0.05, 0.1) is 19.3 Å². The summed E-state index contributed by atoms with van der Waals surface area (Å²) in [5, 5.41) is 7.98. The lowest BCUT2D eigenvalue weighted by Crippen LogP contribution is -2.24. The molecule has 2 N–H and O–H groups in total. The summed E-state index contributed by atoms with van der Waals surface area (Å²) in [6, 6.07) is 18.9. The van der Waals surface area contributed by atoms with E-state index in [2.05, 4.69) is 10.6 Å². The lowest BCUT2D eigenvalue weighted by Gasteiger charge is -2.16. The number of carbonyl (C=O) groups excluding carboxylic acids is 2. The summed E-state index contributed by atoms with van der Waals surface area (Å²) in [4.78, 5) is 26.1. The number of nitrogens with one attached hydrogen (secondary N) is 2. The van der Waals surface area contributed by atoms with Gasteiger partial charge in [0.2, 0.25) is 11.8 Å². The van der Waals surface area contributed by atoms with Crippen molar-refractivity contribution < 1.29 is 18.7 Å². The summed E-state index contributed by atoms with van der Waals surface area (Å²) < 4.78 is 11.5. The van der Waals surface area contributed by atoms with E-state index in [-0.39, 0.29) is 18.4 Å². The molecular formula is C25H23N3O4. The van der Waals surface area contributed by atoms with Crippen LogP contribution in [0.5, 0.6) is 5.75 Å². The van der Waals surface area contributed by atoms with E-state index in [1.807, 2.05) is 48.5 Å². The molecule has 162 valence electrons. The molecule has 0 spiro atoms. The van der Waals surface area contributed by atoms with E-state index in [4.69, 9.17) is 9.15 Å². The zero-order valence-electron chi connectivity index (χ0n) is 17.7. The highest BCUT2D eigenvalue weighted by Crippen LogP contribution is 2.36. The first-order valence-electron chi connectivity index (χ1n) is 10.6. The number of anilines is 3. The van der Waals surface area contributed by atoms with Crippen LogP contribution in [0.2, 0.25) is 0 Å². The van der Waals surface area contributed by atoms with Gasteiger partial charge in [-0.25, -0.2) is 0 Å². The summed E-state index contributed by atoms with van der Waals surface area (Å²) in [5.41, 5.74) is 3.73. The molecule has 2 amide bonds. The van der Waals surface area contributed by atoms with E-state index in [0.717, 1.165) is 40.6 Å². The van der Waals surface area contributed by atoms with Gasteiger partial charge in [-0.15, -0.1) is 0 Å². The van der Waals surface area contributed by atoms with Gasteiger partial charge in [-0.05, 0) is 42.8 Å². The minimum atomic E-state index is -0.193. The molecule has 0 radical (unpaired) electrons. The van der Waals surface area contributed by atoms with Crippen LogP contribution in [0.4, 0.5) is 17.1 Å². The molecule has 0 atom stereocenters. The quantitative estimate of drug-likeness (QED) is 0.461. The number of carbonyl (C=O) groups is 2. The third kappa shape index (κ3) is 3.73. The number of methoxy groups -OCH3 is 1. The molecule has 32 heavy (non-hydrogen) atoms. The molecule has 1 saturated heterocycles. The Morgan fingerprint density at radius 1 is 1.06 bits per heavy atom. The maximum absolute atomic E-state index is 12.5. The largest absolute Gasteiger partial charge is 0.495 e. The number of hydrogen-bond donors (Lipinski definition) is 2. The third-order valence-corrected chi connectivity index (χ3v) is 5.67. The van der Waals surface area contributed by atoms with Crippen LogP contribution in [0.3, 0.4) is 0 Å². The minimum Gasteiger partial charge on any atom is -0.495 e. The molecule has 1 aliphatic heterocycles. The first-order valence-corrected chi connectivity index (χ1v) is 10.6. The maximum Gasteiger partial charge on any atom is 0.243 e. The van der Waals surface area contributed by atoms with Gasteiger partial charge in [-0.2, -0.15) is 0 Å². The molecule has 1 fully saturated rings. The Kier molecular flexibility index (Phi) is 5.15. The molecule has 0 bridgehead atoms. The summed E-state index contributed by atoms with van der Waals surface area (Å²) in [6.45, 7) is 0.806. The van der Waals surface area contributed by atoms with Crippen LogP contribution in [-0.2, 0) is 9.59 Å². The summed E-state index contributed by atoms with van der Waals surface area (Å²) in [6.07, 6.45) is 1.47. The second kappa shape index (κ2) is 8.26. The van der Waals surface area contributed by atoms with Crippen LogP contribution in [0.25, 0.3) is 21.9 Å². The number of benzene rings is 3. The lowest BCUT2D eigenvalue weighted by atomic mass is 10.1. The predicted molar refractivity (Wildman–Crippen MR) is 125 cm³/mol. The van der Waals surface area contributed by atoms with Crippen molar-refractivity contribution in [2.24, 2.45) is 0 Å². The molecule has 0 aliphatic carbocycles. The Hall–Kier alpha value is -4.00. The van der Waals surface area contributed by atoms with Crippen molar-refractivity contribution in [3.63, 3.8) is 0 Å². The Labute approximate surface area is 184 Å². The third-order valence-electron chi connectivity index (χ3n) is 5.67. The Morgan fingerprint density at radius 2 is 1.88 bits per heavy atom. The molecular weight excluding hydrogens is 406 g/mol. The molecule has 1 aromatic heterocycles. The molecule has 7 heteroatoms. The van der Waals surface area contributed by atoms with Gasteiger partial charge in [0, 0.05) is 41.2 Å². The highest BCUT2D eigenvalue weighted by Gasteiger charge is 2.21. The molecule has 4 aromatic rings. The van der Waals surface area contributed by atoms with Crippen molar-refractivity contribution in [2.45, 2.75) is 12.8 Å². The van der Waals surface area contributed by atoms with E-state index < -0.39 is 0 Å². The van der Waals surface area contributed by atoms with Crippen LogP contribution < -0.4 is 20.3 Å². The molecule has 0 saturated carbocycles. The number of para-hydroxylation sites is 1. The monoisotopic (exact) mass is 429 g/mol. The molecule has 1 aliphatic rings. The van der Waals surface area contributed by atoms with Crippen molar-refractivity contribution in [1.29, 1.82) is 0 Å². The fourth-order valence-corrected chi connectivity index (χ4v) is 4.09. The molecule has 7 nitrogen and oxygen atoms in total. The Balaban J connectivity index is 1.27. The van der Waals surface area contributed by atoms with Crippen molar-refractivity contribution in [1.82, 2.24) is 0 Å². The smallest absolute Gasteiger partial charge is 0.243 e. The minimum absolute atomic E-state index is 0.0639. The van der Waals surface area contributed by atoms with Crippen molar-refractivity contribution >= 4 is 50.8 Å². The normalized spacial score (nSPS) is 13.7. The van der Waals surface area contributed by atoms with Gasteiger partial charge in [0.1, 0.15) is 16.9 Å². The zero-order chi connectivity index (χ0) is 22.1. The number of ether oxygens (including phenoxy) is 1. The maximum atomic E-state index is 12.5. The molecule has 3 aromatic carbocycles. The second-order valence-corrected chi connectivity index (χ2v) is 7.74. The van der Waals surface area contributed by atoms with Gasteiger partial charge in [-0.1, -0.05) is 18.2 Å². The van der Waals surface area contributed by atoms with Gasteiger partial charge in [-0.3, -0.25) is 9.59 Å². The Morgan fingerprint density at radius 3 is 2.62 bits per heavy atom. The van der Waals surface area contributed by atoms with E-state index in [1.165, 1.54) is 0 Å². The van der Waals surface area contributed by atoms with E-state index in [1.54, 1.807) is 24.1 Å². The number of furan rings is 1. The van der Waals surface area contributed by atoms with Crippen LogP contribution in [-0.4, -0.2) is 32.0 Å². The SMILES string of the molecule is COc1cc2c(cc1NCC(=O)Nc1ccc(N3CCCC3=O)cc1)oc1ccccc12. The zero-order valence-corrected chi connectivity index (χ0v) is 17.7. The number of nitrogens with zero attached hydrogens (tertiary/aromatic N) is 1. The van der Waals surface area contributed by atoms with E-state index in [0.29, 0.717) is 23.5 Å². The molecule has 5 rings (SSSR count). The highest BCUT2D eigenvalue weighted by molar-refractivity contribution is 6.07. The predicted octanol–water partition coefficient (Wildman–Crippen LogP) is 4.77. The number of hydrogen-bond acceptors (Lipinski definition) is 5. The summed E-state index contributed by atoms with van der Waals surface area (Å²) >= 11 is 0.